The normalized spacial score (nSPS) is 24.4. The highest BCUT2D eigenvalue weighted by atomic mass is 32.2. The molecule has 150 valence electrons. The van der Waals surface area contributed by atoms with E-state index in [2.05, 4.69) is 15.5 Å². The van der Waals surface area contributed by atoms with E-state index in [1.807, 2.05) is 6.26 Å². The molecule has 1 aliphatic heterocycles. The van der Waals surface area contributed by atoms with Gasteiger partial charge in [-0.25, -0.2) is 9.78 Å². The average molecular weight is 443 g/mol. The van der Waals surface area contributed by atoms with Gasteiger partial charge in [-0.05, 0) is 6.26 Å². The molecule has 1 aliphatic carbocycles. The first-order valence-corrected chi connectivity index (χ1v) is 11.5. The van der Waals surface area contributed by atoms with Crippen LogP contribution in [0.4, 0.5) is 5.13 Å². The maximum atomic E-state index is 12.7. The number of carboxylic acids is 1. The van der Waals surface area contributed by atoms with Crippen molar-refractivity contribution in [1.29, 1.82) is 0 Å². The van der Waals surface area contributed by atoms with Gasteiger partial charge in [0.1, 0.15) is 18.8 Å². The van der Waals surface area contributed by atoms with Crippen molar-refractivity contribution in [3.05, 3.63) is 22.2 Å². The molecule has 28 heavy (non-hydrogen) atoms. The number of anilines is 1. The summed E-state index contributed by atoms with van der Waals surface area (Å²) in [6.07, 6.45) is 1.90. The van der Waals surface area contributed by atoms with Gasteiger partial charge >= 0.3 is 5.97 Å². The first-order chi connectivity index (χ1) is 13.4. The first kappa shape index (κ1) is 20.7. The van der Waals surface area contributed by atoms with Crippen LogP contribution in [0.2, 0.25) is 0 Å². The van der Waals surface area contributed by atoms with Gasteiger partial charge in [0.2, 0.25) is 0 Å². The monoisotopic (exact) mass is 442 g/mol. The van der Waals surface area contributed by atoms with Crippen molar-refractivity contribution in [2.75, 3.05) is 30.6 Å². The highest BCUT2D eigenvalue weighted by molar-refractivity contribution is 8.00. The predicted octanol–water partition coefficient (Wildman–Crippen LogP) is 0.619. The van der Waals surface area contributed by atoms with Crippen LogP contribution in [-0.4, -0.2) is 69.6 Å². The minimum Gasteiger partial charge on any atom is -0.478 e. The van der Waals surface area contributed by atoms with Crippen LogP contribution in [0.1, 0.15) is 5.69 Å². The van der Waals surface area contributed by atoms with Crippen LogP contribution >= 0.6 is 34.9 Å². The topological polar surface area (TPSA) is 144 Å². The number of thiazole rings is 1. The Labute approximate surface area is 173 Å². The molecule has 0 bridgehead atoms. The van der Waals surface area contributed by atoms with E-state index < -0.39 is 17.9 Å². The molecule has 1 amide bonds. The van der Waals surface area contributed by atoms with Crippen LogP contribution in [0.25, 0.3) is 0 Å². The summed E-state index contributed by atoms with van der Waals surface area (Å²) < 4.78 is 0. The van der Waals surface area contributed by atoms with Gasteiger partial charge in [-0.2, -0.15) is 23.5 Å². The van der Waals surface area contributed by atoms with Crippen molar-refractivity contribution in [2.24, 2.45) is 11.1 Å². The third-order valence-electron chi connectivity index (χ3n) is 4.36. The van der Waals surface area contributed by atoms with Crippen molar-refractivity contribution in [3.63, 3.8) is 0 Å². The van der Waals surface area contributed by atoms with Crippen molar-refractivity contribution in [3.8, 4) is 0 Å². The van der Waals surface area contributed by atoms with E-state index >= 15 is 0 Å². The Morgan fingerprint density at radius 3 is 2.86 bits per heavy atom. The summed E-state index contributed by atoms with van der Waals surface area (Å²) in [6.45, 7) is 0. The number of thioether (sulfide) groups is 2. The molecule has 1 aromatic rings. The van der Waals surface area contributed by atoms with E-state index in [4.69, 9.17) is 10.6 Å². The Morgan fingerprint density at radius 1 is 1.54 bits per heavy atom. The molecule has 3 atom stereocenters. The van der Waals surface area contributed by atoms with Crippen molar-refractivity contribution in [1.82, 2.24) is 10.3 Å². The minimum absolute atomic E-state index is 0.0970. The third kappa shape index (κ3) is 3.76. The van der Waals surface area contributed by atoms with E-state index in [9.17, 15) is 19.5 Å². The van der Waals surface area contributed by atoms with Crippen LogP contribution in [0.15, 0.2) is 21.7 Å². The molecule has 0 aromatic carbocycles. The number of nitrogens with two attached hydrogens (primary N) is 1. The zero-order chi connectivity index (χ0) is 20.4. The molecule has 9 nitrogen and oxygen atoms in total. The average Bonchev–Trinajstić information content (AvgIpc) is 3.09. The lowest BCUT2D eigenvalue weighted by Gasteiger charge is -2.43. The van der Waals surface area contributed by atoms with Crippen LogP contribution in [0.5, 0.6) is 0 Å². The number of nitrogen functional groups attached to an aromatic ring is 1. The number of ketones is 1. The number of amides is 1. The van der Waals surface area contributed by atoms with Gasteiger partial charge in [0.15, 0.2) is 16.6 Å². The standard InChI is InChI=1S/C16H18N4O5S3/c1-25-20-10(7-5-28-16(17)18-7)14(22)19-11-12(21)9-8(15(23)24)6(3-26-2)4-27-13(9)11/h5-6,11,13H,3-4H2,1-2H3,(H2,17,18)(H,19,22)(H,23,24)/t6?,11-,13+/m1/s1. The molecule has 1 aromatic heterocycles. The largest absolute Gasteiger partial charge is 0.478 e. The van der Waals surface area contributed by atoms with Crippen molar-refractivity contribution >= 4 is 63.4 Å². The Bertz CT molecular complexity index is 881. The van der Waals surface area contributed by atoms with Crippen LogP contribution < -0.4 is 11.1 Å². The molecule has 3 rings (SSSR count). The number of aromatic nitrogens is 1. The molecule has 0 radical (unpaired) electrons. The van der Waals surface area contributed by atoms with Gasteiger partial charge in [0.05, 0.1) is 5.25 Å². The van der Waals surface area contributed by atoms with Crippen LogP contribution in [-0.2, 0) is 19.2 Å². The smallest absolute Gasteiger partial charge is 0.332 e. The number of carboxylic acid groups (broad SMARTS) is 1. The minimum atomic E-state index is -1.07. The molecule has 1 saturated carbocycles. The van der Waals surface area contributed by atoms with E-state index in [1.165, 1.54) is 18.9 Å². The fourth-order valence-electron chi connectivity index (χ4n) is 3.17. The SMILES string of the molecule is CON=C(C(=O)N[C@@H]1C(=O)C2=C(C(=O)O)C(CSC)CS[C@@H]21)c1csc(N)n1. The number of nitrogens with one attached hydrogen (secondary N) is 1. The number of oxime groups is 1. The van der Waals surface area contributed by atoms with Gasteiger partial charge in [-0.3, -0.25) is 9.59 Å². The Hall–Kier alpha value is -2.05. The second-order valence-electron chi connectivity index (χ2n) is 6.05. The molecule has 0 spiro atoms. The number of carbonyl (C=O) groups is 3. The summed E-state index contributed by atoms with van der Waals surface area (Å²) in [5, 5.41) is 17.4. The van der Waals surface area contributed by atoms with E-state index in [0.717, 1.165) is 11.3 Å². The Kier molecular flexibility index (Phi) is 6.30. The molecular weight excluding hydrogens is 424 g/mol. The lowest BCUT2D eigenvalue weighted by atomic mass is 9.77. The zero-order valence-electron chi connectivity index (χ0n) is 15.0. The summed E-state index contributed by atoms with van der Waals surface area (Å²) in [4.78, 5) is 45.8. The fourth-order valence-corrected chi connectivity index (χ4v) is 6.07. The molecular formula is C16H18N4O5S3. The van der Waals surface area contributed by atoms with Crippen molar-refractivity contribution in [2.45, 2.75) is 11.3 Å². The lowest BCUT2D eigenvalue weighted by molar-refractivity contribution is -0.134. The Morgan fingerprint density at radius 2 is 2.29 bits per heavy atom. The zero-order valence-corrected chi connectivity index (χ0v) is 17.4. The maximum Gasteiger partial charge on any atom is 0.332 e. The molecule has 0 saturated heterocycles. The summed E-state index contributed by atoms with van der Waals surface area (Å²) in [5.41, 5.74) is 6.22. The fraction of sp³-hybridized carbons (Fsp3) is 0.438. The molecule has 12 heteroatoms. The summed E-state index contributed by atoms with van der Waals surface area (Å²) in [5.74, 6) is -1.05. The maximum absolute atomic E-state index is 12.7. The first-order valence-electron chi connectivity index (χ1n) is 8.14. The molecule has 2 aliphatic rings. The molecule has 1 unspecified atom stereocenters. The quantitative estimate of drug-likeness (QED) is 0.409. The number of rotatable bonds is 7. The number of fused-ring (bicyclic) bond motifs is 1. The number of carbonyl (C=O) groups excluding carboxylic acids is 2. The summed E-state index contributed by atoms with van der Waals surface area (Å²) in [7, 11) is 1.29. The third-order valence-corrected chi connectivity index (χ3v) is 7.23. The van der Waals surface area contributed by atoms with E-state index in [-0.39, 0.29) is 39.1 Å². The number of Topliss-reactive ketones (excluding diaryl/α,β-unsaturated/α-hetero) is 1. The van der Waals surface area contributed by atoms with E-state index in [0.29, 0.717) is 17.1 Å². The second kappa shape index (κ2) is 8.53. The van der Waals surface area contributed by atoms with E-state index in [1.54, 1.807) is 17.1 Å². The molecule has 4 N–H and O–H groups in total. The van der Waals surface area contributed by atoms with Gasteiger partial charge < -0.3 is 21.0 Å². The van der Waals surface area contributed by atoms with Gasteiger partial charge in [0.25, 0.3) is 5.91 Å². The number of hydrogen-bond donors (Lipinski definition) is 3. The summed E-state index contributed by atoms with van der Waals surface area (Å²) >= 11 is 4.17. The number of hydrogen-bond acceptors (Lipinski definition) is 10. The van der Waals surface area contributed by atoms with Gasteiger partial charge in [0, 0.05) is 33.9 Å². The van der Waals surface area contributed by atoms with Gasteiger partial charge in [-0.1, -0.05) is 5.16 Å². The molecule has 1 fully saturated rings. The predicted molar refractivity (Wildman–Crippen MR) is 110 cm³/mol. The molecule has 2 heterocycles. The number of aliphatic carboxylic acids is 1. The van der Waals surface area contributed by atoms with Gasteiger partial charge in [-0.15, -0.1) is 11.3 Å². The Balaban J connectivity index is 1.81. The lowest BCUT2D eigenvalue weighted by Crippen LogP contribution is -2.61. The second-order valence-corrected chi connectivity index (χ2v) is 9.02. The highest BCUT2D eigenvalue weighted by Gasteiger charge is 2.52. The highest BCUT2D eigenvalue weighted by Crippen LogP contribution is 2.44. The van der Waals surface area contributed by atoms with Crippen molar-refractivity contribution < 1.29 is 24.3 Å². The number of nitrogens with zero attached hydrogens (tertiary/aromatic N) is 2. The van der Waals surface area contributed by atoms with Crippen LogP contribution in [0.3, 0.4) is 0 Å². The summed E-state index contributed by atoms with van der Waals surface area (Å²) in [6, 6.07) is -0.810. The van der Waals surface area contributed by atoms with Crippen LogP contribution in [0, 0.1) is 5.92 Å².